The van der Waals surface area contributed by atoms with E-state index < -0.39 is 15.3 Å². The molecule has 0 saturated carbocycles. The molecule has 0 aromatic heterocycles. The first-order valence-electron chi connectivity index (χ1n) is 5.36. The van der Waals surface area contributed by atoms with Gasteiger partial charge in [-0.2, -0.15) is 0 Å². The van der Waals surface area contributed by atoms with Crippen LogP contribution in [-0.2, 0) is 10.0 Å². The highest BCUT2D eigenvalue weighted by atomic mass is 32.2. The van der Waals surface area contributed by atoms with Gasteiger partial charge in [-0.15, -0.1) is 0 Å². The standard InChI is InChI=1S/C11H15NO4S/c1-16-10-4-2-9(3-5-10)12-7-6-11(8-13)17(12,14)15/h2-5,11,13H,6-8H2,1H3. The van der Waals surface area contributed by atoms with Gasteiger partial charge in [-0.25, -0.2) is 8.42 Å². The quantitative estimate of drug-likeness (QED) is 0.861. The number of sulfonamides is 1. The maximum absolute atomic E-state index is 12.0. The smallest absolute Gasteiger partial charge is 0.240 e. The zero-order valence-corrected chi connectivity index (χ0v) is 10.4. The zero-order valence-electron chi connectivity index (χ0n) is 9.54. The van der Waals surface area contributed by atoms with Gasteiger partial charge in [0.1, 0.15) is 11.0 Å². The van der Waals surface area contributed by atoms with Gasteiger partial charge in [-0.3, -0.25) is 4.31 Å². The maximum atomic E-state index is 12.0. The average Bonchev–Trinajstić information content (AvgIpc) is 2.64. The molecule has 1 aliphatic rings. The molecule has 2 rings (SSSR count). The number of rotatable bonds is 3. The molecule has 1 fully saturated rings. The summed E-state index contributed by atoms with van der Waals surface area (Å²) in [7, 11) is -1.85. The van der Waals surface area contributed by atoms with Crippen molar-refractivity contribution >= 4 is 15.7 Å². The number of ether oxygens (including phenoxy) is 1. The lowest BCUT2D eigenvalue weighted by Crippen LogP contribution is -2.30. The van der Waals surface area contributed by atoms with Gasteiger partial charge in [0, 0.05) is 6.54 Å². The van der Waals surface area contributed by atoms with E-state index in [2.05, 4.69) is 0 Å². The predicted octanol–water partition coefficient (Wildman–Crippen LogP) is 0.596. The van der Waals surface area contributed by atoms with Crippen molar-refractivity contribution in [2.45, 2.75) is 11.7 Å². The number of hydrogen-bond acceptors (Lipinski definition) is 4. The second kappa shape index (κ2) is 4.54. The van der Waals surface area contributed by atoms with Crippen molar-refractivity contribution in [1.29, 1.82) is 0 Å². The molecule has 1 aromatic rings. The van der Waals surface area contributed by atoms with E-state index in [4.69, 9.17) is 9.84 Å². The second-order valence-corrected chi connectivity index (χ2v) is 6.05. The summed E-state index contributed by atoms with van der Waals surface area (Å²) in [6.45, 7) is 0.0921. The van der Waals surface area contributed by atoms with Crippen LogP contribution in [-0.4, -0.2) is 39.0 Å². The summed E-state index contributed by atoms with van der Waals surface area (Å²) >= 11 is 0. The van der Waals surface area contributed by atoms with Crippen LogP contribution in [0, 0.1) is 0 Å². The molecule has 6 heteroatoms. The van der Waals surface area contributed by atoms with Gasteiger partial charge >= 0.3 is 0 Å². The van der Waals surface area contributed by atoms with Crippen LogP contribution < -0.4 is 9.04 Å². The molecule has 5 nitrogen and oxygen atoms in total. The molecule has 0 radical (unpaired) electrons. The molecular weight excluding hydrogens is 242 g/mol. The number of aliphatic hydroxyl groups excluding tert-OH is 1. The minimum atomic E-state index is -3.41. The number of nitrogens with zero attached hydrogens (tertiary/aromatic N) is 1. The zero-order chi connectivity index (χ0) is 12.5. The van der Waals surface area contributed by atoms with E-state index >= 15 is 0 Å². The first-order chi connectivity index (χ1) is 8.09. The third-order valence-electron chi connectivity index (χ3n) is 2.95. The lowest BCUT2D eigenvalue weighted by Gasteiger charge is -2.18. The van der Waals surface area contributed by atoms with Gasteiger partial charge in [0.2, 0.25) is 10.0 Å². The Kier molecular flexibility index (Phi) is 3.26. The van der Waals surface area contributed by atoms with Crippen molar-refractivity contribution in [1.82, 2.24) is 0 Å². The molecule has 1 aromatic carbocycles. The molecule has 0 spiro atoms. The number of methoxy groups -OCH3 is 1. The third kappa shape index (κ3) is 2.10. The Morgan fingerprint density at radius 2 is 2.06 bits per heavy atom. The molecule has 1 heterocycles. The second-order valence-electron chi connectivity index (χ2n) is 3.91. The SMILES string of the molecule is COc1ccc(N2CCC(CO)S2(=O)=O)cc1. The Labute approximate surface area is 101 Å². The maximum Gasteiger partial charge on any atom is 0.240 e. The lowest BCUT2D eigenvalue weighted by molar-refractivity contribution is 0.290. The van der Waals surface area contributed by atoms with E-state index in [1.807, 2.05) is 0 Å². The summed E-state index contributed by atoms with van der Waals surface area (Å²) in [6, 6.07) is 6.85. The first-order valence-corrected chi connectivity index (χ1v) is 6.86. The van der Waals surface area contributed by atoms with Crippen molar-refractivity contribution in [2.75, 3.05) is 24.6 Å². The van der Waals surface area contributed by atoms with E-state index in [1.54, 1.807) is 31.4 Å². The Balaban J connectivity index is 2.29. The highest BCUT2D eigenvalue weighted by Crippen LogP contribution is 2.29. The molecular formula is C11H15NO4S. The van der Waals surface area contributed by atoms with Crippen molar-refractivity contribution in [3.05, 3.63) is 24.3 Å². The minimum absolute atomic E-state index is 0.324. The summed E-state index contributed by atoms with van der Waals surface area (Å²) < 4.78 is 30.4. The van der Waals surface area contributed by atoms with Crippen LogP contribution in [0.5, 0.6) is 5.75 Å². The number of aliphatic hydroxyl groups is 1. The first kappa shape index (κ1) is 12.2. The fourth-order valence-corrected chi connectivity index (χ4v) is 3.65. The topological polar surface area (TPSA) is 66.8 Å². The predicted molar refractivity (Wildman–Crippen MR) is 64.8 cm³/mol. The van der Waals surface area contributed by atoms with Crippen molar-refractivity contribution in [3.8, 4) is 5.75 Å². The highest BCUT2D eigenvalue weighted by molar-refractivity contribution is 7.93. The number of benzene rings is 1. The largest absolute Gasteiger partial charge is 0.497 e. The summed E-state index contributed by atoms with van der Waals surface area (Å²) in [6.07, 6.45) is 0.463. The van der Waals surface area contributed by atoms with E-state index in [-0.39, 0.29) is 6.61 Å². The average molecular weight is 257 g/mol. The summed E-state index contributed by atoms with van der Waals surface area (Å²) in [5, 5.41) is 8.35. The molecule has 0 amide bonds. The Morgan fingerprint density at radius 1 is 1.41 bits per heavy atom. The van der Waals surface area contributed by atoms with E-state index in [1.165, 1.54) is 4.31 Å². The van der Waals surface area contributed by atoms with Crippen molar-refractivity contribution in [2.24, 2.45) is 0 Å². The van der Waals surface area contributed by atoms with E-state index in [9.17, 15) is 8.42 Å². The summed E-state index contributed by atoms with van der Waals surface area (Å²) in [5.41, 5.74) is 0.613. The van der Waals surface area contributed by atoms with Crippen LogP contribution >= 0.6 is 0 Å². The van der Waals surface area contributed by atoms with Crippen molar-refractivity contribution in [3.63, 3.8) is 0 Å². The van der Waals surface area contributed by atoms with Gasteiger partial charge in [0.05, 0.1) is 19.4 Å². The molecule has 1 aliphatic heterocycles. The van der Waals surface area contributed by atoms with Gasteiger partial charge in [0.25, 0.3) is 0 Å². The Hall–Kier alpha value is -1.27. The van der Waals surface area contributed by atoms with Crippen LogP contribution in [0.15, 0.2) is 24.3 Å². The Bertz CT molecular complexity index is 483. The van der Waals surface area contributed by atoms with Gasteiger partial charge < -0.3 is 9.84 Å². The van der Waals surface area contributed by atoms with Crippen LogP contribution in [0.2, 0.25) is 0 Å². The minimum Gasteiger partial charge on any atom is -0.497 e. The molecule has 1 atom stereocenters. The molecule has 0 bridgehead atoms. The Morgan fingerprint density at radius 3 is 2.53 bits per heavy atom. The number of hydrogen-bond donors (Lipinski definition) is 1. The van der Waals surface area contributed by atoms with Crippen molar-refractivity contribution < 1.29 is 18.3 Å². The monoisotopic (exact) mass is 257 g/mol. The van der Waals surface area contributed by atoms with Gasteiger partial charge in [-0.1, -0.05) is 0 Å². The molecule has 0 aliphatic carbocycles. The third-order valence-corrected chi connectivity index (χ3v) is 5.18. The van der Waals surface area contributed by atoms with E-state index in [0.29, 0.717) is 24.4 Å². The summed E-state index contributed by atoms with van der Waals surface area (Å²) in [5.74, 6) is 0.684. The van der Waals surface area contributed by atoms with E-state index in [0.717, 1.165) is 0 Å². The van der Waals surface area contributed by atoms with Crippen LogP contribution in [0.25, 0.3) is 0 Å². The van der Waals surface area contributed by atoms with Crippen LogP contribution in [0.3, 0.4) is 0 Å². The highest BCUT2D eigenvalue weighted by Gasteiger charge is 2.38. The lowest BCUT2D eigenvalue weighted by atomic mass is 10.3. The number of anilines is 1. The molecule has 17 heavy (non-hydrogen) atoms. The molecule has 94 valence electrons. The molecule has 1 unspecified atom stereocenters. The molecule has 1 saturated heterocycles. The van der Waals surface area contributed by atoms with Crippen LogP contribution in [0.4, 0.5) is 5.69 Å². The fourth-order valence-electron chi connectivity index (χ4n) is 1.93. The summed E-state index contributed by atoms with van der Waals surface area (Å²) in [4.78, 5) is 0. The normalized spacial score (nSPS) is 22.7. The fraction of sp³-hybridized carbons (Fsp3) is 0.455. The van der Waals surface area contributed by atoms with Gasteiger partial charge in [0.15, 0.2) is 0 Å². The van der Waals surface area contributed by atoms with Gasteiger partial charge in [-0.05, 0) is 30.7 Å². The molecule has 1 N–H and O–H groups in total. The van der Waals surface area contributed by atoms with Crippen LogP contribution in [0.1, 0.15) is 6.42 Å².